The van der Waals surface area contributed by atoms with Gasteiger partial charge in [-0.05, 0) is 73.4 Å². The van der Waals surface area contributed by atoms with Gasteiger partial charge in [0, 0.05) is 36.4 Å². The van der Waals surface area contributed by atoms with Gasteiger partial charge in [0.15, 0.2) is 0 Å². The van der Waals surface area contributed by atoms with Crippen LogP contribution in [0.15, 0.2) is 71.6 Å². The molecule has 1 aliphatic heterocycles. The zero-order valence-electron chi connectivity index (χ0n) is 19.2. The zero-order valence-corrected chi connectivity index (χ0v) is 20.0. The molecule has 3 aromatic rings. The molecule has 0 unspecified atom stereocenters. The van der Waals surface area contributed by atoms with Gasteiger partial charge in [-0.1, -0.05) is 30.3 Å². The standard InChI is InChI=1S/C26H27N3O4S/c1-18-6-3-9-22(14-18)28-34(32,33)23-12-11-19(2)24(16-23)26(31)27-21-8-4-7-20(15-21)17-29-13-5-10-25(29)30/h3-4,6-9,11-12,14-16,28H,5,10,13,17H2,1-2H3,(H,27,31). The van der Waals surface area contributed by atoms with Crippen LogP contribution in [0.25, 0.3) is 0 Å². The molecule has 0 saturated carbocycles. The van der Waals surface area contributed by atoms with Gasteiger partial charge in [-0.15, -0.1) is 0 Å². The Labute approximate surface area is 199 Å². The van der Waals surface area contributed by atoms with Crippen molar-refractivity contribution in [3.05, 3.63) is 89.0 Å². The van der Waals surface area contributed by atoms with Gasteiger partial charge in [0.25, 0.3) is 15.9 Å². The lowest BCUT2D eigenvalue weighted by molar-refractivity contribution is -0.128. The van der Waals surface area contributed by atoms with E-state index in [0.29, 0.717) is 29.9 Å². The van der Waals surface area contributed by atoms with Crippen molar-refractivity contribution in [3.63, 3.8) is 0 Å². The molecule has 1 aliphatic rings. The molecule has 2 amide bonds. The summed E-state index contributed by atoms with van der Waals surface area (Å²) in [5, 5.41) is 2.85. The number of likely N-dealkylation sites (tertiary alicyclic amines) is 1. The summed E-state index contributed by atoms with van der Waals surface area (Å²) < 4.78 is 28.4. The predicted octanol–water partition coefficient (Wildman–Crippen LogP) is 4.48. The SMILES string of the molecule is Cc1cccc(NS(=O)(=O)c2ccc(C)c(C(=O)Nc3cccc(CN4CCCC4=O)c3)c2)c1. The monoisotopic (exact) mass is 477 g/mol. The van der Waals surface area contributed by atoms with Gasteiger partial charge in [0.05, 0.1) is 4.90 Å². The van der Waals surface area contributed by atoms with E-state index in [4.69, 9.17) is 0 Å². The number of nitrogens with zero attached hydrogens (tertiary/aromatic N) is 1. The molecule has 34 heavy (non-hydrogen) atoms. The minimum atomic E-state index is -3.87. The van der Waals surface area contributed by atoms with E-state index in [9.17, 15) is 18.0 Å². The molecule has 0 radical (unpaired) electrons. The molecule has 1 heterocycles. The molecule has 0 atom stereocenters. The van der Waals surface area contributed by atoms with Gasteiger partial charge in [-0.3, -0.25) is 14.3 Å². The molecule has 0 spiro atoms. The summed E-state index contributed by atoms with van der Waals surface area (Å²) in [4.78, 5) is 26.8. The number of benzene rings is 3. The fourth-order valence-electron chi connectivity index (χ4n) is 3.97. The third kappa shape index (κ3) is 5.46. The summed E-state index contributed by atoms with van der Waals surface area (Å²) in [7, 11) is -3.87. The van der Waals surface area contributed by atoms with Gasteiger partial charge in [0.1, 0.15) is 0 Å². The van der Waals surface area contributed by atoms with Crippen LogP contribution in [0, 0.1) is 13.8 Å². The molecule has 8 heteroatoms. The van der Waals surface area contributed by atoms with Crippen molar-refractivity contribution in [3.8, 4) is 0 Å². The highest BCUT2D eigenvalue weighted by Crippen LogP contribution is 2.22. The topological polar surface area (TPSA) is 95.6 Å². The van der Waals surface area contributed by atoms with Gasteiger partial charge in [-0.2, -0.15) is 0 Å². The Morgan fingerprint density at radius 1 is 0.971 bits per heavy atom. The molecule has 0 bridgehead atoms. The Balaban J connectivity index is 1.52. The number of anilines is 2. The van der Waals surface area contributed by atoms with Crippen LogP contribution in [0.4, 0.5) is 11.4 Å². The van der Waals surface area contributed by atoms with E-state index in [1.807, 2.05) is 31.2 Å². The number of amides is 2. The highest BCUT2D eigenvalue weighted by atomic mass is 32.2. The lowest BCUT2D eigenvalue weighted by Gasteiger charge is -2.16. The first-order chi connectivity index (χ1) is 16.2. The molecule has 1 saturated heterocycles. The third-order valence-electron chi connectivity index (χ3n) is 5.76. The Hall–Kier alpha value is -3.65. The molecule has 3 aromatic carbocycles. The first-order valence-corrected chi connectivity index (χ1v) is 12.6. The normalized spacial score (nSPS) is 13.7. The maximum Gasteiger partial charge on any atom is 0.261 e. The number of rotatable bonds is 7. The maximum atomic E-state index is 13.0. The third-order valence-corrected chi connectivity index (χ3v) is 7.14. The van der Waals surface area contributed by atoms with Crippen LogP contribution in [0.5, 0.6) is 0 Å². The minimum Gasteiger partial charge on any atom is -0.338 e. The van der Waals surface area contributed by atoms with Crippen LogP contribution in [-0.4, -0.2) is 31.7 Å². The Bertz CT molecular complexity index is 1350. The largest absolute Gasteiger partial charge is 0.338 e. The number of hydrogen-bond donors (Lipinski definition) is 2. The van der Waals surface area contributed by atoms with Crippen molar-refractivity contribution in [2.24, 2.45) is 0 Å². The minimum absolute atomic E-state index is 0.00560. The molecule has 7 nitrogen and oxygen atoms in total. The van der Waals surface area contributed by atoms with E-state index in [1.54, 1.807) is 42.2 Å². The van der Waals surface area contributed by atoms with Crippen LogP contribution in [-0.2, 0) is 21.4 Å². The van der Waals surface area contributed by atoms with E-state index in [0.717, 1.165) is 24.1 Å². The van der Waals surface area contributed by atoms with E-state index in [1.165, 1.54) is 12.1 Å². The van der Waals surface area contributed by atoms with Crippen LogP contribution >= 0.6 is 0 Å². The Morgan fingerprint density at radius 2 is 1.74 bits per heavy atom. The predicted molar refractivity (Wildman–Crippen MR) is 132 cm³/mol. The molecule has 0 aromatic heterocycles. The van der Waals surface area contributed by atoms with E-state index < -0.39 is 15.9 Å². The Morgan fingerprint density at radius 3 is 2.47 bits per heavy atom. The molecule has 4 rings (SSSR count). The second kappa shape index (κ2) is 9.69. The summed E-state index contributed by atoms with van der Waals surface area (Å²) >= 11 is 0. The van der Waals surface area contributed by atoms with Gasteiger partial charge in [0.2, 0.25) is 5.91 Å². The van der Waals surface area contributed by atoms with Crippen LogP contribution in [0.2, 0.25) is 0 Å². The van der Waals surface area contributed by atoms with Crippen molar-refractivity contribution in [2.45, 2.75) is 38.1 Å². The molecular formula is C26H27N3O4S. The van der Waals surface area contributed by atoms with Crippen molar-refractivity contribution in [1.82, 2.24) is 4.90 Å². The number of aryl methyl sites for hydroxylation is 2. The number of sulfonamides is 1. The lowest BCUT2D eigenvalue weighted by Crippen LogP contribution is -2.23. The van der Waals surface area contributed by atoms with Crippen molar-refractivity contribution >= 4 is 33.2 Å². The highest BCUT2D eigenvalue weighted by Gasteiger charge is 2.21. The van der Waals surface area contributed by atoms with Crippen molar-refractivity contribution < 1.29 is 18.0 Å². The quantitative estimate of drug-likeness (QED) is 0.525. The van der Waals surface area contributed by atoms with Gasteiger partial charge in [-0.25, -0.2) is 8.42 Å². The summed E-state index contributed by atoms with van der Waals surface area (Å²) in [5.41, 5.74) is 3.82. The summed E-state index contributed by atoms with van der Waals surface area (Å²) in [5.74, 6) is -0.262. The first kappa shape index (κ1) is 23.5. The van der Waals surface area contributed by atoms with Crippen LogP contribution in [0.1, 0.15) is 39.9 Å². The molecule has 176 valence electrons. The second-order valence-electron chi connectivity index (χ2n) is 8.53. The van der Waals surface area contributed by atoms with E-state index in [-0.39, 0.29) is 16.4 Å². The molecule has 0 aliphatic carbocycles. The number of carbonyl (C=O) groups is 2. The van der Waals surface area contributed by atoms with Crippen molar-refractivity contribution in [2.75, 3.05) is 16.6 Å². The smallest absolute Gasteiger partial charge is 0.261 e. The fraction of sp³-hybridized carbons (Fsp3) is 0.231. The van der Waals surface area contributed by atoms with E-state index >= 15 is 0 Å². The molecule has 1 fully saturated rings. The number of nitrogens with one attached hydrogen (secondary N) is 2. The molecule has 2 N–H and O–H groups in total. The zero-order chi connectivity index (χ0) is 24.3. The van der Waals surface area contributed by atoms with Crippen LogP contribution in [0.3, 0.4) is 0 Å². The fourth-order valence-corrected chi connectivity index (χ4v) is 5.05. The van der Waals surface area contributed by atoms with Gasteiger partial charge >= 0.3 is 0 Å². The van der Waals surface area contributed by atoms with E-state index in [2.05, 4.69) is 10.0 Å². The first-order valence-electron chi connectivity index (χ1n) is 11.1. The van der Waals surface area contributed by atoms with Crippen LogP contribution < -0.4 is 10.0 Å². The summed E-state index contributed by atoms with van der Waals surface area (Å²) in [6.07, 6.45) is 1.44. The van der Waals surface area contributed by atoms with Crippen molar-refractivity contribution in [1.29, 1.82) is 0 Å². The average molecular weight is 478 g/mol. The molecular weight excluding hydrogens is 450 g/mol. The number of hydrogen-bond acceptors (Lipinski definition) is 4. The number of carbonyl (C=O) groups excluding carboxylic acids is 2. The Kier molecular flexibility index (Phi) is 6.70. The summed E-state index contributed by atoms with van der Waals surface area (Å²) in [6, 6.07) is 18.9. The second-order valence-corrected chi connectivity index (χ2v) is 10.2. The average Bonchev–Trinajstić information content (AvgIpc) is 3.18. The maximum absolute atomic E-state index is 13.0. The van der Waals surface area contributed by atoms with Gasteiger partial charge < -0.3 is 10.2 Å². The lowest BCUT2D eigenvalue weighted by atomic mass is 10.1. The highest BCUT2D eigenvalue weighted by molar-refractivity contribution is 7.92. The summed E-state index contributed by atoms with van der Waals surface area (Å²) in [6.45, 7) is 4.88.